The van der Waals surface area contributed by atoms with E-state index in [9.17, 15) is 4.79 Å². The molecular weight excluding hydrogens is 254 g/mol. The summed E-state index contributed by atoms with van der Waals surface area (Å²) >= 11 is 0. The van der Waals surface area contributed by atoms with Crippen LogP contribution in [-0.2, 0) is 4.74 Å². The lowest BCUT2D eigenvalue weighted by Gasteiger charge is -2.36. The molecule has 0 radical (unpaired) electrons. The Labute approximate surface area is 120 Å². The average Bonchev–Trinajstić information content (AvgIpc) is 2.47. The molecular formula is C15H23N3O2. The number of methoxy groups -OCH3 is 1. The smallest absolute Gasteiger partial charge is 0.254 e. The van der Waals surface area contributed by atoms with Gasteiger partial charge < -0.3 is 15.1 Å². The molecule has 1 amide bonds. The highest BCUT2D eigenvalue weighted by Gasteiger charge is 2.29. The van der Waals surface area contributed by atoms with Crippen molar-refractivity contribution in [1.29, 1.82) is 0 Å². The van der Waals surface area contributed by atoms with E-state index in [0.717, 1.165) is 29.8 Å². The fourth-order valence-electron chi connectivity index (χ4n) is 2.69. The Morgan fingerprint density at radius 1 is 1.50 bits per heavy atom. The van der Waals surface area contributed by atoms with E-state index in [1.54, 1.807) is 7.11 Å². The predicted molar refractivity (Wildman–Crippen MR) is 79.5 cm³/mol. The summed E-state index contributed by atoms with van der Waals surface area (Å²) in [5.74, 6) is 5.94. The molecule has 2 atom stereocenters. The monoisotopic (exact) mass is 277 g/mol. The molecule has 3 N–H and O–H groups in total. The van der Waals surface area contributed by atoms with Gasteiger partial charge >= 0.3 is 0 Å². The molecule has 1 aromatic rings. The summed E-state index contributed by atoms with van der Waals surface area (Å²) in [6.07, 6.45) is 1.10. The van der Waals surface area contributed by atoms with E-state index in [-0.39, 0.29) is 12.0 Å². The Bertz CT molecular complexity index is 490. The number of hydrogen-bond acceptors (Lipinski definition) is 4. The summed E-state index contributed by atoms with van der Waals surface area (Å²) in [7, 11) is 1.71. The number of nitrogen functional groups attached to an aromatic ring is 1. The third kappa shape index (κ3) is 2.94. The number of aryl methyl sites for hydroxylation is 1. The lowest BCUT2D eigenvalue weighted by atomic mass is 9.95. The second kappa shape index (κ2) is 6.24. The van der Waals surface area contributed by atoms with Gasteiger partial charge in [0.25, 0.3) is 5.91 Å². The number of hydrogen-bond donors (Lipinski definition) is 2. The maximum atomic E-state index is 12.6. The van der Waals surface area contributed by atoms with Crippen LogP contribution >= 0.6 is 0 Å². The number of nitrogens with zero attached hydrogens (tertiary/aromatic N) is 1. The zero-order valence-corrected chi connectivity index (χ0v) is 12.3. The zero-order chi connectivity index (χ0) is 14.7. The highest BCUT2D eigenvalue weighted by Crippen LogP contribution is 2.23. The number of anilines is 1. The van der Waals surface area contributed by atoms with Gasteiger partial charge in [-0.15, -0.1) is 0 Å². The normalized spacial score (nSPS) is 22.7. The molecule has 0 bridgehead atoms. The zero-order valence-electron chi connectivity index (χ0n) is 12.3. The summed E-state index contributed by atoms with van der Waals surface area (Å²) in [6, 6.07) is 5.53. The van der Waals surface area contributed by atoms with Crippen LogP contribution < -0.4 is 11.3 Å². The summed E-state index contributed by atoms with van der Waals surface area (Å²) in [4.78, 5) is 14.5. The standard InChI is InChI=1S/C15H23N3O2/c1-10-6-7-18(9-14(10)20-3)15(19)13-5-4-12(17-16)8-11(13)2/h4-5,8,10,14,17H,6-7,9,16H2,1-3H3. The Morgan fingerprint density at radius 2 is 2.25 bits per heavy atom. The molecule has 1 fully saturated rings. The van der Waals surface area contributed by atoms with Crippen LogP contribution in [0.2, 0.25) is 0 Å². The van der Waals surface area contributed by atoms with Crippen molar-refractivity contribution in [3.63, 3.8) is 0 Å². The summed E-state index contributed by atoms with van der Waals surface area (Å²) in [5, 5.41) is 0. The number of nitrogens with two attached hydrogens (primary N) is 1. The van der Waals surface area contributed by atoms with E-state index in [2.05, 4.69) is 12.3 Å². The van der Waals surface area contributed by atoms with Gasteiger partial charge in [0.1, 0.15) is 0 Å². The number of carbonyl (C=O) groups excluding carboxylic acids is 1. The van der Waals surface area contributed by atoms with Gasteiger partial charge in [0.15, 0.2) is 0 Å². The number of carbonyl (C=O) groups is 1. The number of benzene rings is 1. The van der Waals surface area contributed by atoms with Crippen LogP contribution in [0.25, 0.3) is 0 Å². The number of amides is 1. The Balaban J connectivity index is 2.15. The molecule has 2 rings (SSSR count). The fraction of sp³-hybridized carbons (Fsp3) is 0.533. The lowest BCUT2D eigenvalue weighted by Crippen LogP contribution is -2.46. The number of rotatable bonds is 3. The Morgan fingerprint density at radius 3 is 2.85 bits per heavy atom. The van der Waals surface area contributed by atoms with Gasteiger partial charge in [-0.1, -0.05) is 6.92 Å². The van der Waals surface area contributed by atoms with Gasteiger partial charge in [-0.2, -0.15) is 0 Å². The molecule has 110 valence electrons. The molecule has 1 saturated heterocycles. The molecule has 0 aromatic heterocycles. The van der Waals surface area contributed by atoms with Crippen molar-refractivity contribution in [3.8, 4) is 0 Å². The topological polar surface area (TPSA) is 67.6 Å². The second-order valence-corrected chi connectivity index (χ2v) is 5.47. The number of piperidine rings is 1. The summed E-state index contributed by atoms with van der Waals surface area (Å²) in [5.41, 5.74) is 5.06. The quantitative estimate of drug-likeness (QED) is 0.653. The number of hydrazine groups is 1. The molecule has 0 aliphatic carbocycles. The van der Waals surface area contributed by atoms with Crippen molar-refractivity contribution in [1.82, 2.24) is 4.90 Å². The van der Waals surface area contributed by atoms with Crippen molar-refractivity contribution in [3.05, 3.63) is 29.3 Å². The minimum atomic E-state index is 0.0695. The third-order valence-corrected chi connectivity index (χ3v) is 4.10. The van der Waals surface area contributed by atoms with Crippen LogP contribution in [-0.4, -0.2) is 37.1 Å². The number of likely N-dealkylation sites (tertiary alicyclic amines) is 1. The minimum Gasteiger partial charge on any atom is -0.379 e. The van der Waals surface area contributed by atoms with Gasteiger partial charge in [0.2, 0.25) is 0 Å². The van der Waals surface area contributed by atoms with Crippen LogP contribution in [0, 0.1) is 12.8 Å². The van der Waals surface area contributed by atoms with Crippen molar-refractivity contribution in [2.45, 2.75) is 26.4 Å². The van der Waals surface area contributed by atoms with Gasteiger partial charge in [-0.05, 0) is 43.0 Å². The molecule has 2 unspecified atom stereocenters. The molecule has 5 heteroatoms. The lowest BCUT2D eigenvalue weighted by molar-refractivity contribution is -0.00159. The molecule has 5 nitrogen and oxygen atoms in total. The third-order valence-electron chi connectivity index (χ3n) is 4.10. The first-order chi connectivity index (χ1) is 9.56. The fourth-order valence-corrected chi connectivity index (χ4v) is 2.69. The first kappa shape index (κ1) is 14.8. The SMILES string of the molecule is COC1CN(C(=O)c2ccc(NN)cc2C)CCC1C. The molecule has 1 aliphatic heterocycles. The van der Waals surface area contributed by atoms with Gasteiger partial charge in [-0.25, -0.2) is 0 Å². The van der Waals surface area contributed by atoms with Crippen LogP contribution in [0.1, 0.15) is 29.3 Å². The van der Waals surface area contributed by atoms with Crippen molar-refractivity contribution in [2.75, 3.05) is 25.6 Å². The van der Waals surface area contributed by atoms with Crippen LogP contribution in [0.4, 0.5) is 5.69 Å². The molecule has 20 heavy (non-hydrogen) atoms. The van der Waals surface area contributed by atoms with Crippen LogP contribution in [0.15, 0.2) is 18.2 Å². The maximum Gasteiger partial charge on any atom is 0.254 e. The molecule has 1 heterocycles. The van der Waals surface area contributed by atoms with Crippen molar-refractivity contribution < 1.29 is 9.53 Å². The van der Waals surface area contributed by atoms with E-state index in [4.69, 9.17) is 10.6 Å². The van der Waals surface area contributed by atoms with E-state index in [0.29, 0.717) is 12.5 Å². The number of ether oxygens (including phenoxy) is 1. The van der Waals surface area contributed by atoms with E-state index < -0.39 is 0 Å². The highest BCUT2D eigenvalue weighted by molar-refractivity contribution is 5.96. The minimum absolute atomic E-state index is 0.0695. The summed E-state index contributed by atoms with van der Waals surface area (Å²) < 4.78 is 5.47. The highest BCUT2D eigenvalue weighted by atomic mass is 16.5. The van der Waals surface area contributed by atoms with Gasteiger partial charge in [0, 0.05) is 31.5 Å². The first-order valence-corrected chi connectivity index (χ1v) is 6.96. The predicted octanol–water partition coefficient (Wildman–Crippen LogP) is 1.78. The van der Waals surface area contributed by atoms with E-state index >= 15 is 0 Å². The first-order valence-electron chi connectivity index (χ1n) is 6.96. The molecule has 0 saturated carbocycles. The van der Waals surface area contributed by atoms with Gasteiger partial charge in [0.05, 0.1) is 6.10 Å². The Hall–Kier alpha value is -1.59. The van der Waals surface area contributed by atoms with Crippen LogP contribution in [0.3, 0.4) is 0 Å². The largest absolute Gasteiger partial charge is 0.379 e. The maximum absolute atomic E-state index is 12.6. The van der Waals surface area contributed by atoms with Crippen molar-refractivity contribution in [2.24, 2.45) is 11.8 Å². The molecule has 0 spiro atoms. The van der Waals surface area contributed by atoms with E-state index in [1.165, 1.54) is 0 Å². The summed E-state index contributed by atoms with van der Waals surface area (Å²) in [6.45, 7) is 5.54. The molecule has 1 aromatic carbocycles. The van der Waals surface area contributed by atoms with Gasteiger partial charge in [-0.3, -0.25) is 10.6 Å². The van der Waals surface area contributed by atoms with Crippen molar-refractivity contribution >= 4 is 11.6 Å². The second-order valence-electron chi connectivity index (χ2n) is 5.47. The Kier molecular flexibility index (Phi) is 4.62. The van der Waals surface area contributed by atoms with E-state index in [1.807, 2.05) is 30.0 Å². The van der Waals surface area contributed by atoms with Crippen LogP contribution in [0.5, 0.6) is 0 Å². The number of nitrogens with one attached hydrogen (secondary N) is 1. The average molecular weight is 277 g/mol. The molecule has 1 aliphatic rings.